The van der Waals surface area contributed by atoms with Crippen molar-refractivity contribution in [1.82, 2.24) is 9.97 Å². The summed E-state index contributed by atoms with van der Waals surface area (Å²) in [7, 11) is 0. The topological polar surface area (TPSA) is 120 Å². The van der Waals surface area contributed by atoms with Crippen LogP contribution in [-0.4, -0.2) is 34.3 Å². The lowest BCUT2D eigenvalue weighted by atomic mass is 10.2. The first-order chi connectivity index (χ1) is 13.0. The van der Waals surface area contributed by atoms with Crippen LogP contribution in [0.15, 0.2) is 36.7 Å². The highest BCUT2D eigenvalue weighted by molar-refractivity contribution is 6.30. The maximum absolute atomic E-state index is 10.8. The number of nitrogens with zero attached hydrogens (tertiary/aromatic N) is 2. The van der Waals surface area contributed by atoms with Crippen molar-refractivity contribution in [2.75, 3.05) is 24.3 Å². The van der Waals surface area contributed by atoms with E-state index in [0.29, 0.717) is 45.5 Å². The molecular weight excluding hydrogens is 372 g/mol. The number of carboxylic acid groups (broad SMARTS) is 1. The van der Waals surface area contributed by atoms with Crippen molar-refractivity contribution >= 4 is 45.7 Å². The predicted octanol–water partition coefficient (Wildman–Crippen LogP) is 3.47. The van der Waals surface area contributed by atoms with E-state index in [1.807, 2.05) is 6.92 Å². The number of hydrogen-bond acceptors (Lipinski definition) is 7. The lowest BCUT2D eigenvalue weighted by Gasteiger charge is -2.15. The molecule has 0 spiro atoms. The Balaban J connectivity index is 2.06. The van der Waals surface area contributed by atoms with Gasteiger partial charge >= 0.3 is 5.97 Å². The van der Waals surface area contributed by atoms with Crippen molar-refractivity contribution < 1.29 is 19.4 Å². The molecule has 0 atom stereocenters. The minimum atomic E-state index is -1.09. The Morgan fingerprint density at radius 3 is 2.78 bits per heavy atom. The standard InChI is InChI=1S/C18H17ClN4O4/c1-2-26-15-7-11(20)6-13-17(15)18(22-9-21-13)23-12-4-3-10(19)5-14(12)27-8-16(24)25/h3-7,9H,2,8,20H2,1H3,(H,24,25)(H,21,22,23). The number of nitrogens with one attached hydrogen (secondary N) is 1. The molecule has 0 aliphatic rings. The number of halogens is 1. The number of nitrogen functional groups attached to an aromatic ring is 1. The maximum atomic E-state index is 10.8. The van der Waals surface area contributed by atoms with Gasteiger partial charge in [0.1, 0.15) is 23.6 Å². The van der Waals surface area contributed by atoms with Gasteiger partial charge in [0.2, 0.25) is 0 Å². The number of hydrogen-bond donors (Lipinski definition) is 3. The number of ether oxygens (including phenoxy) is 2. The molecule has 0 amide bonds. The second kappa shape index (κ2) is 7.96. The summed E-state index contributed by atoms with van der Waals surface area (Å²) in [5.74, 6) is 0.191. The molecule has 140 valence electrons. The molecule has 1 aromatic heterocycles. The first-order valence-corrected chi connectivity index (χ1v) is 8.44. The van der Waals surface area contributed by atoms with Crippen LogP contribution in [0.25, 0.3) is 10.9 Å². The number of aromatic nitrogens is 2. The van der Waals surface area contributed by atoms with Gasteiger partial charge in [0, 0.05) is 22.8 Å². The van der Waals surface area contributed by atoms with Crippen LogP contribution >= 0.6 is 11.6 Å². The molecule has 0 radical (unpaired) electrons. The minimum Gasteiger partial charge on any atom is -0.493 e. The van der Waals surface area contributed by atoms with Crippen molar-refractivity contribution in [3.63, 3.8) is 0 Å². The van der Waals surface area contributed by atoms with E-state index in [9.17, 15) is 4.79 Å². The van der Waals surface area contributed by atoms with Crippen LogP contribution in [-0.2, 0) is 4.79 Å². The van der Waals surface area contributed by atoms with E-state index in [1.54, 1.807) is 24.3 Å². The molecule has 2 aromatic carbocycles. The van der Waals surface area contributed by atoms with Crippen molar-refractivity contribution in [1.29, 1.82) is 0 Å². The molecule has 3 aromatic rings. The summed E-state index contributed by atoms with van der Waals surface area (Å²) in [4.78, 5) is 19.4. The number of rotatable bonds is 7. The summed E-state index contributed by atoms with van der Waals surface area (Å²) in [6.45, 7) is 1.81. The lowest BCUT2D eigenvalue weighted by Crippen LogP contribution is -2.10. The van der Waals surface area contributed by atoms with Gasteiger partial charge < -0.3 is 25.6 Å². The molecule has 0 bridgehead atoms. The molecule has 0 saturated carbocycles. The highest BCUT2D eigenvalue weighted by atomic mass is 35.5. The molecule has 8 nitrogen and oxygen atoms in total. The summed E-state index contributed by atoms with van der Waals surface area (Å²) >= 11 is 6.00. The van der Waals surface area contributed by atoms with E-state index < -0.39 is 12.6 Å². The third-order valence-electron chi connectivity index (χ3n) is 3.57. The highest BCUT2D eigenvalue weighted by Crippen LogP contribution is 2.36. The molecule has 0 aliphatic heterocycles. The summed E-state index contributed by atoms with van der Waals surface area (Å²) in [5, 5.41) is 13.1. The second-order valence-corrected chi connectivity index (χ2v) is 5.95. The molecule has 0 fully saturated rings. The molecule has 27 heavy (non-hydrogen) atoms. The van der Waals surface area contributed by atoms with Gasteiger partial charge in [0.15, 0.2) is 6.61 Å². The lowest BCUT2D eigenvalue weighted by molar-refractivity contribution is -0.139. The van der Waals surface area contributed by atoms with Crippen molar-refractivity contribution in [3.05, 3.63) is 41.7 Å². The molecule has 3 rings (SSSR count). The average molecular weight is 389 g/mol. The number of benzene rings is 2. The van der Waals surface area contributed by atoms with E-state index in [1.165, 1.54) is 12.4 Å². The van der Waals surface area contributed by atoms with E-state index in [-0.39, 0.29) is 5.75 Å². The van der Waals surface area contributed by atoms with Gasteiger partial charge in [-0.15, -0.1) is 0 Å². The van der Waals surface area contributed by atoms with Crippen LogP contribution in [0.1, 0.15) is 6.92 Å². The third-order valence-corrected chi connectivity index (χ3v) is 3.81. The Labute approximate surface area is 159 Å². The van der Waals surface area contributed by atoms with Gasteiger partial charge in [-0.1, -0.05) is 11.6 Å². The van der Waals surface area contributed by atoms with Crippen LogP contribution in [0.4, 0.5) is 17.2 Å². The fraction of sp³-hybridized carbons (Fsp3) is 0.167. The summed E-state index contributed by atoms with van der Waals surface area (Å²) in [5.41, 5.74) is 7.55. The van der Waals surface area contributed by atoms with Gasteiger partial charge in [-0.2, -0.15) is 0 Å². The van der Waals surface area contributed by atoms with Crippen LogP contribution in [0.3, 0.4) is 0 Å². The van der Waals surface area contributed by atoms with E-state index in [0.717, 1.165) is 0 Å². The van der Waals surface area contributed by atoms with Crippen LogP contribution in [0, 0.1) is 0 Å². The van der Waals surface area contributed by atoms with Crippen molar-refractivity contribution in [2.45, 2.75) is 6.92 Å². The Bertz CT molecular complexity index is 997. The number of carboxylic acids is 1. The fourth-order valence-electron chi connectivity index (χ4n) is 2.52. The molecule has 0 aliphatic carbocycles. The summed E-state index contributed by atoms with van der Waals surface area (Å²) < 4.78 is 11.0. The number of carbonyl (C=O) groups is 1. The zero-order valence-electron chi connectivity index (χ0n) is 14.4. The van der Waals surface area contributed by atoms with E-state index in [4.69, 9.17) is 31.9 Å². The van der Waals surface area contributed by atoms with Gasteiger partial charge in [0.05, 0.1) is 23.2 Å². The molecule has 1 heterocycles. The Hall–Kier alpha value is -3.26. The number of anilines is 3. The van der Waals surface area contributed by atoms with Crippen LogP contribution in [0.2, 0.25) is 5.02 Å². The number of aliphatic carboxylic acids is 1. The molecule has 0 unspecified atom stereocenters. The van der Waals surface area contributed by atoms with Gasteiger partial charge in [0.25, 0.3) is 0 Å². The van der Waals surface area contributed by atoms with Gasteiger partial charge in [-0.05, 0) is 25.1 Å². The highest BCUT2D eigenvalue weighted by Gasteiger charge is 2.14. The third kappa shape index (κ3) is 4.29. The SMILES string of the molecule is CCOc1cc(N)cc2ncnc(Nc3ccc(Cl)cc3OCC(=O)O)c12. The van der Waals surface area contributed by atoms with Crippen molar-refractivity contribution in [3.8, 4) is 11.5 Å². The minimum absolute atomic E-state index is 0.282. The van der Waals surface area contributed by atoms with Crippen LogP contribution in [0.5, 0.6) is 11.5 Å². The first-order valence-electron chi connectivity index (χ1n) is 8.06. The maximum Gasteiger partial charge on any atom is 0.341 e. The largest absolute Gasteiger partial charge is 0.493 e. The second-order valence-electron chi connectivity index (χ2n) is 5.52. The number of nitrogens with two attached hydrogens (primary N) is 1. The summed E-state index contributed by atoms with van der Waals surface area (Å²) in [6.07, 6.45) is 1.40. The summed E-state index contributed by atoms with van der Waals surface area (Å²) in [6, 6.07) is 8.27. The molecular formula is C18H17ClN4O4. The van der Waals surface area contributed by atoms with E-state index in [2.05, 4.69) is 15.3 Å². The Kier molecular flexibility index (Phi) is 5.46. The quantitative estimate of drug-likeness (QED) is 0.526. The first kappa shape index (κ1) is 18.5. The number of fused-ring (bicyclic) bond motifs is 1. The molecule has 0 saturated heterocycles. The monoisotopic (exact) mass is 388 g/mol. The van der Waals surface area contributed by atoms with Crippen LogP contribution < -0.4 is 20.5 Å². The smallest absolute Gasteiger partial charge is 0.341 e. The Morgan fingerprint density at radius 1 is 1.22 bits per heavy atom. The Morgan fingerprint density at radius 2 is 2.04 bits per heavy atom. The zero-order chi connectivity index (χ0) is 19.4. The molecule has 4 N–H and O–H groups in total. The average Bonchev–Trinajstić information content (AvgIpc) is 2.61. The van der Waals surface area contributed by atoms with Gasteiger partial charge in [-0.3, -0.25) is 0 Å². The predicted molar refractivity (Wildman–Crippen MR) is 103 cm³/mol. The zero-order valence-corrected chi connectivity index (χ0v) is 15.2. The fourth-order valence-corrected chi connectivity index (χ4v) is 2.69. The van der Waals surface area contributed by atoms with Gasteiger partial charge in [-0.25, -0.2) is 14.8 Å². The molecule has 9 heteroatoms. The normalized spacial score (nSPS) is 10.6. The van der Waals surface area contributed by atoms with Crippen molar-refractivity contribution in [2.24, 2.45) is 0 Å². The van der Waals surface area contributed by atoms with E-state index >= 15 is 0 Å².